The standard InChI is InChI=1S/C16H18N2O2S/c1-18(2)13-7-5-12(6-8-13)17-16(20)10-9-14(19)15-4-3-11-21-15/h3-8,11H,9-10H2,1-2H3,(H,17,20). The second kappa shape index (κ2) is 7.04. The highest BCUT2D eigenvalue weighted by Crippen LogP contribution is 2.16. The number of nitrogens with one attached hydrogen (secondary N) is 1. The van der Waals surface area contributed by atoms with Crippen LogP contribution >= 0.6 is 11.3 Å². The fraction of sp³-hybridized carbons (Fsp3) is 0.250. The van der Waals surface area contributed by atoms with Crippen molar-refractivity contribution in [2.45, 2.75) is 12.8 Å². The maximum absolute atomic E-state index is 11.8. The maximum Gasteiger partial charge on any atom is 0.224 e. The molecule has 1 N–H and O–H groups in total. The third-order valence-electron chi connectivity index (χ3n) is 3.04. The summed E-state index contributed by atoms with van der Waals surface area (Å²) in [4.78, 5) is 26.3. The highest BCUT2D eigenvalue weighted by molar-refractivity contribution is 7.12. The van der Waals surface area contributed by atoms with Gasteiger partial charge in [-0.25, -0.2) is 0 Å². The number of hydrogen-bond donors (Lipinski definition) is 1. The summed E-state index contributed by atoms with van der Waals surface area (Å²) in [6.07, 6.45) is 0.439. The number of carbonyl (C=O) groups excluding carboxylic acids is 2. The monoisotopic (exact) mass is 302 g/mol. The molecule has 0 saturated carbocycles. The molecule has 0 spiro atoms. The predicted octanol–water partition coefficient (Wildman–Crippen LogP) is 3.42. The number of nitrogens with zero attached hydrogens (tertiary/aromatic N) is 1. The van der Waals surface area contributed by atoms with Gasteiger partial charge in [-0.05, 0) is 35.7 Å². The highest BCUT2D eigenvalue weighted by atomic mass is 32.1. The highest BCUT2D eigenvalue weighted by Gasteiger charge is 2.10. The summed E-state index contributed by atoms with van der Waals surface area (Å²) in [5.41, 5.74) is 1.81. The number of rotatable bonds is 6. The van der Waals surface area contributed by atoms with Crippen molar-refractivity contribution in [1.82, 2.24) is 0 Å². The molecule has 0 radical (unpaired) electrons. The number of amides is 1. The molecule has 0 unspecified atom stereocenters. The molecule has 110 valence electrons. The van der Waals surface area contributed by atoms with Crippen molar-refractivity contribution >= 4 is 34.4 Å². The molecule has 0 aliphatic carbocycles. The van der Waals surface area contributed by atoms with Crippen LogP contribution in [0.5, 0.6) is 0 Å². The van der Waals surface area contributed by atoms with Crippen molar-refractivity contribution < 1.29 is 9.59 Å². The van der Waals surface area contributed by atoms with Gasteiger partial charge in [0.1, 0.15) is 0 Å². The summed E-state index contributed by atoms with van der Waals surface area (Å²) in [5.74, 6) is -0.124. The minimum absolute atomic E-state index is 0.0168. The predicted molar refractivity (Wildman–Crippen MR) is 87.3 cm³/mol. The number of thiophene rings is 1. The van der Waals surface area contributed by atoms with Crippen LogP contribution in [-0.2, 0) is 4.79 Å². The molecule has 5 heteroatoms. The first-order valence-electron chi connectivity index (χ1n) is 6.70. The van der Waals surface area contributed by atoms with Crippen molar-refractivity contribution in [3.8, 4) is 0 Å². The number of anilines is 2. The van der Waals surface area contributed by atoms with E-state index < -0.39 is 0 Å². The molecular formula is C16H18N2O2S. The zero-order chi connectivity index (χ0) is 15.2. The number of hydrogen-bond acceptors (Lipinski definition) is 4. The Labute approximate surface area is 128 Å². The third-order valence-corrected chi connectivity index (χ3v) is 3.95. The second-order valence-corrected chi connectivity index (χ2v) is 5.84. The number of carbonyl (C=O) groups is 2. The van der Waals surface area contributed by atoms with Crippen molar-refractivity contribution in [2.75, 3.05) is 24.3 Å². The van der Waals surface area contributed by atoms with E-state index in [0.29, 0.717) is 4.88 Å². The smallest absolute Gasteiger partial charge is 0.224 e. The van der Waals surface area contributed by atoms with Crippen LogP contribution in [0.3, 0.4) is 0 Å². The Morgan fingerprint density at radius 3 is 2.38 bits per heavy atom. The Morgan fingerprint density at radius 1 is 1.10 bits per heavy atom. The Bertz CT molecular complexity index is 604. The fourth-order valence-electron chi connectivity index (χ4n) is 1.85. The van der Waals surface area contributed by atoms with Crippen LogP contribution in [0.1, 0.15) is 22.5 Å². The van der Waals surface area contributed by atoms with E-state index in [4.69, 9.17) is 0 Å². The SMILES string of the molecule is CN(C)c1ccc(NC(=O)CCC(=O)c2cccs2)cc1. The molecule has 1 aromatic heterocycles. The summed E-state index contributed by atoms with van der Waals surface area (Å²) in [7, 11) is 3.92. The van der Waals surface area contributed by atoms with Gasteiger partial charge < -0.3 is 10.2 Å². The van der Waals surface area contributed by atoms with Gasteiger partial charge in [0, 0.05) is 38.3 Å². The Morgan fingerprint density at radius 2 is 1.81 bits per heavy atom. The molecule has 1 aromatic carbocycles. The van der Waals surface area contributed by atoms with Gasteiger partial charge in [-0.1, -0.05) is 6.07 Å². The first-order chi connectivity index (χ1) is 10.1. The lowest BCUT2D eigenvalue weighted by molar-refractivity contribution is -0.116. The molecule has 2 aromatic rings. The molecule has 21 heavy (non-hydrogen) atoms. The normalized spacial score (nSPS) is 10.2. The summed E-state index contributed by atoms with van der Waals surface area (Å²) in [5, 5.41) is 4.66. The first kappa shape index (κ1) is 15.3. The fourth-order valence-corrected chi connectivity index (χ4v) is 2.55. The van der Waals surface area contributed by atoms with Crippen LogP contribution in [-0.4, -0.2) is 25.8 Å². The van der Waals surface area contributed by atoms with Crippen LogP contribution in [0.25, 0.3) is 0 Å². The number of Topliss-reactive ketones (excluding diaryl/α,β-unsaturated/α-hetero) is 1. The van der Waals surface area contributed by atoms with Crippen LogP contribution in [0.15, 0.2) is 41.8 Å². The van der Waals surface area contributed by atoms with Gasteiger partial charge in [0.2, 0.25) is 5.91 Å². The molecule has 0 aliphatic rings. The lowest BCUT2D eigenvalue weighted by atomic mass is 10.2. The van der Waals surface area contributed by atoms with Gasteiger partial charge in [0.25, 0.3) is 0 Å². The van der Waals surface area contributed by atoms with Gasteiger partial charge in [-0.2, -0.15) is 0 Å². The van der Waals surface area contributed by atoms with E-state index in [1.807, 2.05) is 54.7 Å². The first-order valence-corrected chi connectivity index (χ1v) is 7.58. The second-order valence-electron chi connectivity index (χ2n) is 4.89. The van der Waals surface area contributed by atoms with E-state index >= 15 is 0 Å². The lowest BCUT2D eigenvalue weighted by Crippen LogP contribution is -2.13. The zero-order valence-corrected chi connectivity index (χ0v) is 12.9. The number of ketones is 1. The topological polar surface area (TPSA) is 49.4 Å². The van der Waals surface area contributed by atoms with Crippen LogP contribution < -0.4 is 10.2 Å². The van der Waals surface area contributed by atoms with E-state index in [1.54, 1.807) is 6.07 Å². The Balaban J connectivity index is 1.83. The summed E-state index contributed by atoms with van der Waals surface area (Å²) in [6.45, 7) is 0. The van der Waals surface area contributed by atoms with Gasteiger partial charge in [0.05, 0.1) is 4.88 Å². The molecule has 1 amide bonds. The molecule has 4 nitrogen and oxygen atoms in total. The van der Waals surface area contributed by atoms with Gasteiger partial charge in [-0.3, -0.25) is 9.59 Å². The summed E-state index contributed by atoms with van der Waals surface area (Å²) >= 11 is 1.41. The minimum atomic E-state index is -0.141. The van der Waals surface area contributed by atoms with Crippen molar-refractivity contribution in [1.29, 1.82) is 0 Å². The van der Waals surface area contributed by atoms with Crippen molar-refractivity contribution in [3.63, 3.8) is 0 Å². The summed E-state index contributed by atoms with van der Waals surface area (Å²) in [6, 6.07) is 11.2. The molecule has 0 atom stereocenters. The summed E-state index contributed by atoms with van der Waals surface area (Å²) < 4.78 is 0. The Hall–Kier alpha value is -2.14. The molecule has 0 aliphatic heterocycles. The average Bonchev–Trinajstić information content (AvgIpc) is 2.99. The van der Waals surface area contributed by atoms with E-state index in [1.165, 1.54) is 11.3 Å². The molecule has 2 rings (SSSR count). The van der Waals surface area contributed by atoms with E-state index in [-0.39, 0.29) is 24.5 Å². The van der Waals surface area contributed by atoms with Crippen LogP contribution in [0, 0.1) is 0 Å². The third kappa shape index (κ3) is 4.43. The zero-order valence-electron chi connectivity index (χ0n) is 12.1. The molecule has 1 heterocycles. The number of benzene rings is 1. The quantitative estimate of drug-likeness (QED) is 0.832. The average molecular weight is 302 g/mol. The maximum atomic E-state index is 11.8. The van der Waals surface area contributed by atoms with Crippen LogP contribution in [0.2, 0.25) is 0 Å². The minimum Gasteiger partial charge on any atom is -0.378 e. The van der Waals surface area contributed by atoms with Gasteiger partial charge in [-0.15, -0.1) is 11.3 Å². The van der Waals surface area contributed by atoms with Crippen molar-refractivity contribution in [2.24, 2.45) is 0 Å². The molecule has 0 fully saturated rings. The van der Waals surface area contributed by atoms with E-state index in [0.717, 1.165) is 11.4 Å². The Kier molecular flexibility index (Phi) is 5.11. The largest absolute Gasteiger partial charge is 0.378 e. The molecule has 0 bridgehead atoms. The molecule has 0 saturated heterocycles. The van der Waals surface area contributed by atoms with E-state index in [2.05, 4.69) is 5.32 Å². The van der Waals surface area contributed by atoms with Crippen molar-refractivity contribution in [3.05, 3.63) is 46.7 Å². The van der Waals surface area contributed by atoms with E-state index in [9.17, 15) is 9.59 Å². The van der Waals surface area contributed by atoms with Crippen LogP contribution in [0.4, 0.5) is 11.4 Å². The van der Waals surface area contributed by atoms with Gasteiger partial charge in [0.15, 0.2) is 5.78 Å². The molecular weight excluding hydrogens is 284 g/mol. The van der Waals surface area contributed by atoms with Gasteiger partial charge >= 0.3 is 0 Å². The lowest BCUT2D eigenvalue weighted by Gasteiger charge is -2.13.